The number of hydrogen-bond donors (Lipinski definition) is 2. The summed E-state index contributed by atoms with van der Waals surface area (Å²) < 4.78 is 4.63. The van der Waals surface area contributed by atoms with Crippen molar-refractivity contribution >= 4 is 28.9 Å². The lowest BCUT2D eigenvalue weighted by atomic mass is 10.3. The van der Waals surface area contributed by atoms with Crippen molar-refractivity contribution in [2.75, 3.05) is 12.4 Å². The number of methoxy groups -OCH3 is 1. The number of thiophene rings is 1. The standard InChI is InChI=1S/C11H11N3O3S/c1-17-11(16)10-8(3-5-18-10)13-9(15)6-7-2-4-12-14-7/h2-5H,6H2,1H3,(H,12,14)(H,13,15). The maximum absolute atomic E-state index is 11.7. The van der Waals surface area contributed by atoms with E-state index < -0.39 is 5.97 Å². The Bertz CT molecular complexity index is 548. The molecule has 2 heterocycles. The fourth-order valence-electron chi connectivity index (χ4n) is 1.41. The summed E-state index contributed by atoms with van der Waals surface area (Å²) >= 11 is 1.22. The fourth-order valence-corrected chi connectivity index (χ4v) is 2.17. The van der Waals surface area contributed by atoms with Crippen LogP contribution in [-0.2, 0) is 16.0 Å². The van der Waals surface area contributed by atoms with E-state index in [2.05, 4.69) is 20.3 Å². The Hall–Kier alpha value is -2.15. The van der Waals surface area contributed by atoms with Crippen molar-refractivity contribution in [3.63, 3.8) is 0 Å². The summed E-state index contributed by atoms with van der Waals surface area (Å²) in [6.07, 6.45) is 1.75. The van der Waals surface area contributed by atoms with Crippen LogP contribution < -0.4 is 5.32 Å². The van der Waals surface area contributed by atoms with Gasteiger partial charge in [-0.15, -0.1) is 11.3 Å². The van der Waals surface area contributed by atoms with E-state index in [0.29, 0.717) is 16.3 Å². The Kier molecular flexibility index (Phi) is 3.73. The number of esters is 1. The Labute approximate surface area is 107 Å². The number of rotatable bonds is 4. The summed E-state index contributed by atoms with van der Waals surface area (Å²) in [6, 6.07) is 3.39. The monoisotopic (exact) mass is 265 g/mol. The third kappa shape index (κ3) is 2.75. The molecule has 2 aromatic rings. The first kappa shape index (κ1) is 12.3. The first-order valence-corrected chi connectivity index (χ1v) is 6.02. The molecule has 18 heavy (non-hydrogen) atoms. The number of amides is 1. The predicted octanol–water partition coefficient (Wildman–Crippen LogP) is 1.44. The lowest BCUT2D eigenvalue weighted by Gasteiger charge is -2.04. The quantitative estimate of drug-likeness (QED) is 0.819. The highest BCUT2D eigenvalue weighted by Gasteiger charge is 2.15. The molecular weight excluding hydrogens is 254 g/mol. The molecule has 0 radical (unpaired) electrons. The molecule has 2 rings (SSSR count). The van der Waals surface area contributed by atoms with Gasteiger partial charge in [0, 0.05) is 11.9 Å². The van der Waals surface area contributed by atoms with Crippen molar-refractivity contribution in [2.45, 2.75) is 6.42 Å². The van der Waals surface area contributed by atoms with Crippen LogP contribution in [0, 0.1) is 0 Å². The van der Waals surface area contributed by atoms with Crippen LogP contribution in [0.15, 0.2) is 23.7 Å². The lowest BCUT2D eigenvalue weighted by molar-refractivity contribution is -0.115. The van der Waals surface area contributed by atoms with Crippen molar-refractivity contribution in [3.8, 4) is 0 Å². The van der Waals surface area contributed by atoms with Crippen LogP contribution in [0.25, 0.3) is 0 Å². The number of aromatic amines is 1. The first-order chi connectivity index (χ1) is 8.70. The van der Waals surface area contributed by atoms with Crippen molar-refractivity contribution in [1.82, 2.24) is 10.2 Å². The van der Waals surface area contributed by atoms with E-state index in [9.17, 15) is 9.59 Å². The highest BCUT2D eigenvalue weighted by molar-refractivity contribution is 7.12. The van der Waals surface area contributed by atoms with E-state index in [1.807, 2.05) is 0 Å². The second-order valence-electron chi connectivity index (χ2n) is 3.46. The average molecular weight is 265 g/mol. The topological polar surface area (TPSA) is 84.1 Å². The molecule has 2 N–H and O–H groups in total. The van der Waals surface area contributed by atoms with Gasteiger partial charge in [0.15, 0.2) is 0 Å². The van der Waals surface area contributed by atoms with E-state index in [-0.39, 0.29) is 12.3 Å². The van der Waals surface area contributed by atoms with Crippen LogP contribution in [0.5, 0.6) is 0 Å². The van der Waals surface area contributed by atoms with Crippen molar-refractivity contribution < 1.29 is 14.3 Å². The molecule has 0 saturated carbocycles. The second-order valence-corrected chi connectivity index (χ2v) is 4.38. The minimum atomic E-state index is -0.457. The van der Waals surface area contributed by atoms with Crippen LogP contribution in [0.2, 0.25) is 0 Å². The summed E-state index contributed by atoms with van der Waals surface area (Å²) in [4.78, 5) is 23.5. The fraction of sp³-hybridized carbons (Fsp3) is 0.182. The summed E-state index contributed by atoms with van der Waals surface area (Å²) in [5.74, 6) is -0.676. The zero-order valence-electron chi connectivity index (χ0n) is 9.60. The third-order valence-electron chi connectivity index (χ3n) is 2.22. The molecule has 1 amide bonds. The molecular formula is C11H11N3O3S. The molecule has 2 aromatic heterocycles. The number of nitrogens with one attached hydrogen (secondary N) is 2. The molecule has 7 heteroatoms. The van der Waals surface area contributed by atoms with Crippen molar-refractivity contribution in [2.24, 2.45) is 0 Å². The number of ether oxygens (including phenoxy) is 1. The van der Waals surface area contributed by atoms with Gasteiger partial charge in [-0.2, -0.15) is 5.10 Å². The zero-order chi connectivity index (χ0) is 13.0. The van der Waals surface area contributed by atoms with Gasteiger partial charge in [0.05, 0.1) is 19.2 Å². The minimum Gasteiger partial charge on any atom is -0.465 e. The molecule has 0 bridgehead atoms. The molecule has 0 saturated heterocycles. The van der Waals surface area contributed by atoms with Gasteiger partial charge in [0.25, 0.3) is 0 Å². The molecule has 0 unspecified atom stereocenters. The second kappa shape index (κ2) is 5.46. The molecule has 0 aliphatic heterocycles. The van der Waals surface area contributed by atoms with Gasteiger partial charge in [-0.25, -0.2) is 4.79 Å². The summed E-state index contributed by atoms with van der Waals surface area (Å²) in [5, 5.41) is 10.8. The molecule has 0 spiro atoms. The first-order valence-electron chi connectivity index (χ1n) is 5.14. The zero-order valence-corrected chi connectivity index (χ0v) is 10.4. The number of carbonyl (C=O) groups is 2. The molecule has 0 fully saturated rings. The van der Waals surface area contributed by atoms with Gasteiger partial charge in [0.1, 0.15) is 4.88 Å². The molecule has 0 aliphatic carbocycles. The van der Waals surface area contributed by atoms with Crippen LogP contribution in [-0.4, -0.2) is 29.2 Å². The van der Waals surface area contributed by atoms with Crippen LogP contribution in [0.3, 0.4) is 0 Å². The number of aromatic nitrogens is 2. The van der Waals surface area contributed by atoms with Crippen LogP contribution in [0.1, 0.15) is 15.4 Å². The number of anilines is 1. The highest BCUT2D eigenvalue weighted by atomic mass is 32.1. The number of carbonyl (C=O) groups excluding carboxylic acids is 2. The Balaban J connectivity index is 2.03. The SMILES string of the molecule is COC(=O)c1sccc1NC(=O)Cc1ccn[nH]1. The van der Waals surface area contributed by atoms with Gasteiger partial charge in [-0.1, -0.05) is 0 Å². The Morgan fingerprint density at radius 3 is 3.00 bits per heavy atom. The Morgan fingerprint density at radius 2 is 2.33 bits per heavy atom. The van der Waals surface area contributed by atoms with Gasteiger partial charge >= 0.3 is 5.97 Å². The maximum Gasteiger partial charge on any atom is 0.350 e. The third-order valence-corrected chi connectivity index (χ3v) is 3.11. The van der Waals surface area contributed by atoms with Gasteiger partial charge < -0.3 is 10.1 Å². The lowest BCUT2D eigenvalue weighted by Crippen LogP contribution is -2.16. The average Bonchev–Trinajstić information content (AvgIpc) is 2.99. The number of H-pyrrole nitrogens is 1. The van der Waals surface area contributed by atoms with Crippen molar-refractivity contribution in [1.29, 1.82) is 0 Å². The molecule has 0 atom stereocenters. The van der Waals surface area contributed by atoms with Crippen LogP contribution in [0.4, 0.5) is 5.69 Å². The summed E-state index contributed by atoms with van der Waals surface area (Å²) in [6.45, 7) is 0. The normalized spacial score (nSPS) is 10.1. The molecule has 94 valence electrons. The van der Waals surface area contributed by atoms with E-state index in [1.165, 1.54) is 18.4 Å². The summed E-state index contributed by atoms with van der Waals surface area (Å²) in [7, 11) is 1.30. The molecule has 0 aliphatic rings. The number of hydrogen-bond acceptors (Lipinski definition) is 5. The van der Waals surface area contributed by atoms with Crippen LogP contribution >= 0.6 is 11.3 Å². The maximum atomic E-state index is 11.7. The largest absolute Gasteiger partial charge is 0.465 e. The smallest absolute Gasteiger partial charge is 0.350 e. The van der Waals surface area contributed by atoms with E-state index in [1.54, 1.807) is 23.7 Å². The predicted molar refractivity (Wildman–Crippen MR) is 66.6 cm³/mol. The van der Waals surface area contributed by atoms with Gasteiger partial charge in [0.2, 0.25) is 5.91 Å². The number of nitrogens with zero attached hydrogens (tertiary/aromatic N) is 1. The molecule has 6 nitrogen and oxygen atoms in total. The van der Waals surface area contributed by atoms with E-state index in [4.69, 9.17) is 0 Å². The highest BCUT2D eigenvalue weighted by Crippen LogP contribution is 2.23. The van der Waals surface area contributed by atoms with E-state index >= 15 is 0 Å². The van der Waals surface area contributed by atoms with Gasteiger partial charge in [-0.05, 0) is 17.5 Å². The van der Waals surface area contributed by atoms with Crippen molar-refractivity contribution in [3.05, 3.63) is 34.3 Å². The Morgan fingerprint density at radius 1 is 1.50 bits per heavy atom. The summed E-state index contributed by atoms with van der Waals surface area (Å²) in [5.41, 5.74) is 1.18. The minimum absolute atomic E-state index is 0.177. The molecule has 0 aromatic carbocycles. The van der Waals surface area contributed by atoms with Gasteiger partial charge in [-0.3, -0.25) is 9.89 Å². The van der Waals surface area contributed by atoms with E-state index in [0.717, 1.165) is 0 Å².